The zero-order valence-electron chi connectivity index (χ0n) is 20.8. The molecular formula is C31H24ClNO5. The molecule has 0 saturated heterocycles. The summed E-state index contributed by atoms with van der Waals surface area (Å²) in [6.45, 7) is 3.44. The number of carbonyl (C=O) groups excluding carboxylic acids is 2. The lowest BCUT2D eigenvalue weighted by atomic mass is 10.0. The topological polar surface area (TPSA) is 69.0 Å². The van der Waals surface area contributed by atoms with Crippen molar-refractivity contribution in [3.05, 3.63) is 119 Å². The van der Waals surface area contributed by atoms with Crippen molar-refractivity contribution in [1.29, 1.82) is 0 Å². The summed E-state index contributed by atoms with van der Waals surface area (Å²) in [5.74, 6) is -0.539. The smallest absolute Gasteiger partial charge is 0.330 e. The van der Waals surface area contributed by atoms with E-state index in [1.807, 2.05) is 72.8 Å². The zero-order chi connectivity index (χ0) is 26.6. The van der Waals surface area contributed by atoms with Gasteiger partial charge in [-0.1, -0.05) is 66.2 Å². The normalized spacial score (nSPS) is 10.8. The van der Waals surface area contributed by atoms with Crippen LogP contribution in [0, 0.1) is 6.92 Å². The Labute approximate surface area is 224 Å². The minimum Gasteiger partial charge on any atom is -0.489 e. The van der Waals surface area contributed by atoms with Gasteiger partial charge < -0.3 is 14.0 Å². The Morgan fingerprint density at radius 1 is 0.868 bits per heavy atom. The number of furan rings is 1. The van der Waals surface area contributed by atoms with Crippen molar-refractivity contribution in [2.75, 3.05) is 5.06 Å². The molecule has 0 bridgehead atoms. The van der Waals surface area contributed by atoms with Crippen molar-refractivity contribution >= 4 is 40.1 Å². The summed E-state index contributed by atoms with van der Waals surface area (Å²) >= 11 is 6.02. The van der Waals surface area contributed by atoms with Crippen LogP contribution in [0.25, 0.3) is 22.1 Å². The molecule has 190 valence electrons. The Hall–Kier alpha value is -4.55. The minimum absolute atomic E-state index is 0.0823. The molecule has 1 heterocycles. The first-order chi connectivity index (χ1) is 18.4. The first-order valence-corrected chi connectivity index (χ1v) is 12.4. The number of hydrogen-bond acceptors (Lipinski definition) is 5. The van der Waals surface area contributed by atoms with Gasteiger partial charge in [-0.05, 0) is 66.1 Å². The average molecular weight is 526 g/mol. The van der Waals surface area contributed by atoms with E-state index >= 15 is 0 Å². The second-order valence-corrected chi connectivity index (χ2v) is 9.16. The maximum absolute atomic E-state index is 13.6. The molecular weight excluding hydrogens is 502 g/mol. The van der Waals surface area contributed by atoms with Gasteiger partial charge in [0.1, 0.15) is 17.9 Å². The number of halogens is 1. The number of nitrogens with zero attached hydrogens (tertiary/aromatic N) is 1. The minimum atomic E-state index is -0.637. The van der Waals surface area contributed by atoms with Crippen LogP contribution in [0.15, 0.2) is 101 Å². The number of anilines is 1. The number of rotatable bonds is 6. The quantitative estimate of drug-likeness (QED) is 0.212. The first-order valence-electron chi connectivity index (χ1n) is 12.0. The van der Waals surface area contributed by atoms with E-state index in [0.29, 0.717) is 34.2 Å². The van der Waals surface area contributed by atoms with Crippen LogP contribution < -0.4 is 9.80 Å². The molecule has 0 atom stereocenters. The molecule has 0 aliphatic heterocycles. The van der Waals surface area contributed by atoms with Crippen LogP contribution in [0.4, 0.5) is 5.69 Å². The van der Waals surface area contributed by atoms with Gasteiger partial charge in [0.15, 0.2) is 5.76 Å². The van der Waals surface area contributed by atoms with Gasteiger partial charge in [-0.3, -0.25) is 4.79 Å². The number of fused-ring (bicyclic) bond motifs is 1. The monoisotopic (exact) mass is 525 g/mol. The molecule has 0 aliphatic carbocycles. The van der Waals surface area contributed by atoms with Crippen molar-refractivity contribution in [3.63, 3.8) is 0 Å². The van der Waals surface area contributed by atoms with E-state index in [9.17, 15) is 9.59 Å². The molecule has 0 aliphatic rings. The molecule has 0 spiro atoms. The van der Waals surface area contributed by atoms with Crippen LogP contribution in [0.3, 0.4) is 0 Å². The summed E-state index contributed by atoms with van der Waals surface area (Å²) in [4.78, 5) is 30.8. The summed E-state index contributed by atoms with van der Waals surface area (Å²) in [5.41, 5.74) is 4.48. The van der Waals surface area contributed by atoms with Crippen molar-refractivity contribution < 1.29 is 23.6 Å². The molecule has 0 unspecified atom stereocenters. The lowest BCUT2D eigenvalue weighted by Gasteiger charge is -2.20. The van der Waals surface area contributed by atoms with Crippen LogP contribution in [0.5, 0.6) is 5.75 Å². The second kappa shape index (κ2) is 10.8. The number of aryl methyl sites for hydroxylation is 1. The predicted molar refractivity (Wildman–Crippen MR) is 147 cm³/mol. The van der Waals surface area contributed by atoms with Crippen LogP contribution in [-0.2, 0) is 16.2 Å². The second-order valence-electron chi connectivity index (χ2n) is 8.72. The first kappa shape index (κ1) is 25.1. The third kappa shape index (κ3) is 5.41. The highest BCUT2D eigenvalue weighted by Gasteiger charge is 2.27. The van der Waals surface area contributed by atoms with Crippen molar-refractivity contribution in [2.45, 2.75) is 20.5 Å². The van der Waals surface area contributed by atoms with Gasteiger partial charge in [-0.15, -0.1) is 5.06 Å². The lowest BCUT2D eigenvalue weighted by Crippen LogP contribution is -2.33. The van der Waals surface area contributed by atoms with Crippen LogP contribution in [-0.4, -0.2) is 11.9 Å². The molecule has 5 rings (SSSR count). The zero-order valence-corrected chi connectivity index (χ0v) is 21.6. The standard InChI is InChI=1S/C31H24ClNO5/c1-20-28-17-10-24(23-8-11-25(32)12-9-23)18-29(28)37-30(20)31(35)33(38-21(2)34)26-13-15-27(16-14-26)36-19-22-6-4-3-5-7-22/h3-18H,19H2,1-2H3. The summed E-state index contributed by atoms with van der Waals surface area (Å²) < 4.78 is 11.8. The molecule has 4 aromatic carbocycles. The fourth-order valence-electron chi connectivity index (χ4n) is 4.10. The third-order valence-corrected chi connectivity index (χ3v) is 6.29. The molecule has 38 heavy (non-hydrogen) atoms. The van der Waals surface area contributed by atoms with Crippen molar-refractivity contribution in [3.8, 4) is 16.9 Å². The van der Waals surface area contributed by atoms with Crippen LogP contribution in [0.1, 0.15) is 28.6 Å². The SMILES string of the molecule is CC(=O)ON(C(=O)c1oc2cc(-c3ccc(Cl)cc3)ccc2c1C)c1ccc(OCc2ccccc2)cc1. The van der Waals surface area contributed by atoms with Crippen LogP contribution in [0.2, 0.25) is 5.02 Å². The Balaban J connectivity index is 1.41. The van der Waals surface area contributed by atoms with Gasteiger partial charge in [-0.25, -0.2) is 4.79 Å². The molecule has 6 nitrogen and oxygen atoms in total. The van der Waals surface area contributed by atoms with E-state index in [4.69, 9.17) is 25.6 Å². The molecule has 0 N–H and O–H groups in total. The Bertz CT molecular complexity index is 1590. The van der Waals surface area contributed by atoms with E-state index < -0.39 is 11.9 Å². The maximum Gasteiger partial charge on any atom is 0.330 e. The number of benzene rings is 4. The van der Waals surface area contributed by atoms with Gasteiger partial charge in [0.25, 0.3) is 0 Å². The summed E-state index contributed by atoms with van der Waals surface area (Å²) in [6, 6.07) is 29.7. The summed E-state index contributed by atoms with van der Waals surface area (Å²) in [5, 5.41) is 2.38. The Morgan fingerprint density at radius 3 is 2.24 bits per heavy atom. The maximum atomic E-state index is 13.6. The van der Waals surface area contributed by atoms with Gasteiger partial charge in [0.05, 0.1) is 5.69 Å². The molecule has 5 aromatic rings. The lowest BCUT2D eigenvalue weighted by molar-refractivity contribution is -0.141. The summed E-state index contributed by atoms with van der Waals surface area (Å²) in [6.07, 6.45) is 0. The Morgan fingerprint density at radius 2 is 1.55 bits per heavy atom. The number of hydrogen-bond donors (Lipinski definition) is 0. The highest BCUT2D eigenvalue weighted by Crippen LogP contribution is 2.32. The average Bonchev–Trinajstić information content (AvgIpc) is 3.27. The van der Waals surface area contributed by atoms with E-state index in [-0.39, 0.29) is 5.76 Å². The predicted octanol–water partition coefficient (Wildman–Crippen LogP) is 7.77. The molecule has 0 fully saturated rings. The largest absolute Gasteiger partial charge is 0.489 e. The van der Waals surface area contributed by atoms with Gasteiger partial charge >= 0.3 is 11.9 Å². The van der Waals surface area contributed by atoms with E-state index in [1.165, 1.54) is 6.92 Å². The number of carbonyl (C=O) groups is 2. The molecule has 0 radical (unpaired) electrons. The van der Waals surface area contributed by atoms with Crippen molar-refractivity contribution in [2.24, 2.45) is 0 Å². The van der Waals surface area contributed by atoms with Gasteiger partial charge in [-0.2, -0.15) is 0 Å². The number of amides is 1. The fraction of sp³-hybridized carbons (Fsp3) is 0.0968. The van der Waals surface area contributed by atoms with Gasteiger partial charge in [0.2, 0.25) is 0 Å². The molecule has 1 aromatic heterocycles. The van der Waals surface area contributed by atoms with Crippen molar-refractivity contribution in [1.82, 2.24) is 0 Å². The number of ether oxygens (including phenoxy) is 1. The van der Waals surface area contributed by atoms with Crippen LogP contribution >= 0.6 is 11.6 Å². The third-order valence-electron chi connectivity index (χ3n) is 6.03. The molecule has 1 amide bonds. The van der Waals surface area contributed by atoms with E-state index in [1.54, 1.807) is 31.2 Å². The van der Waals surface area contributed by atoms with E-state index in [0.717, 1.165) is 27.1 Å². The number of hydroxylamine groups is 1. The highest BCUT2D eigenvalue weighted by molar-refractivity contribution is 6.30. The molecule has 0 saturated carbocycles. The fourth-order valence-corrected chi connectivity index (χ4v) is 4.23. The highest BCUT2D eigenvalue weighted by atomic mass is 35.5. The Kier molecular flexibility index (Phi) is 7.15. The van der Waals surface area contributed by atoms with Gasteiger partial charge in [0, 0.05) is 22.9 Å². The molecule has 7 heteroatoms. The summed E-state index contributed by atoms with van der Waals surface area (Å²) in [7, 11) is 0. The van der Waals surface area contributed by atoms with E-state index in [2.05, 4.69) is 0 Å².